The Kier molecular flexibility index (Phi) is 7.82. The summed E-state index contributed by atoms with van der Waals surface area (Å²) in [6, 6.07) is 6.86. The molecule has 1 aromatic carbocycles. The monoisotopic (exact) mass is 418 g/mol. The number of hydrogen-bond donors (Lipinski definition) is 0. The molecule has 0 spiro atoms. The second-order valence-electron chi connectivity index (χ2n) is 7.11. The number of benzene rings is 1. The summed E-state index contributed by atoms with van der Waals surface area (Å²) >= 11 is 0. The van der Waals surface area contributed by atoms with Gasteiger partial charge in [0.25, 0.3) is 0 Å². The molecule has 0 saturated carbocycles. The summed E-state index contributed by atoms with van der Waals surface area (Å²) in [5.74, 6) is 0.394. The van der Waals surface area contributed by atoms with Gasteiger partial charge in [0, 0.05) is 6.08 Å². The molecule has 3 rings (SSSR count). The summed E-state index contributed by atoms with van der Waals surface area (Å²) in [7, 11) is 0. The van der Waals surface area contributed by atoms with Gasteiger partial charge in [0.15, 0.2) is 0 Å². The molecule has 0 bridgehead atoms. The molecule has 0 radical (unpaired) electrons. The number of hydrogen-bond acceptors (Lipinski definition) is 5. The Morgan fingerprint density at radius 3 is 2.52 bits per heavy atom. The van der Waals surface area contributed by atoms with Gasteiger partial charge in [-0.05, 0) is 79.3 Å². The van der Waals surface area contributed by atoms with E-state index in [0.29, 0.717) is 43.1 Å². The highest BCUT2D eigenvalue weighted by atomic mass is 16.5. The molecule has 31 heavy (non-hydrogen) atoms. The van der Waals surface area contributed by atoms with E-state index >= 15 is 0 Å². The predicted molar refractivity (Wildman–Crippen MR) is 120 cm³/mol. The van der Waals surface area contributed by atoms with Gasteiger partial charge < -0.3 is 14.2 Å². The molecule has 0 atom stereocenters. The summed E-state index contributed by atoms with van der Waals surface area (Å²) in [5.41, 5.74) is 3.89. The molecule has 2 aliphatic carbocycles. The van der Waals surface area contributed by atoms with E-state index in [2.05, 4.69) is 24.8 Å². The third-order valence-corrected chi connectivity index (χ3v) is 4.81. The maximum Gasteiger partial charge on any atom is 0.343 e. The molecular weight excluding hydrogens is 392 g/mol. The van der Waals surface area contributed by atoms with Gasteiger partial charge in [-0.2, -0.15) is 0 Å². The van der Waals surface area contributed by atoms with Crippen LogP contribution in [0.3, 0.4) is 0 Å². The smallest absolute Gasteiger partial charge is 0.343 e. The Morgan fingerprint density at radius 1 is 1.10 bits per heavy atom. The van der Waals surface area contributed by atoms with Crippen molar-refractivity contribution in [3.63, 3.8) is 0 Å². The highest BCUT2D eigenvalue weighted by molar-refractivity contribution is 5.90. The average molecular weight is 418 g/mol. The molecule has 0 fully saturated rings. The minimum atomic E-state index is -0.418. The molecule has 0 amide bonds. The topological polar surface area (TPSA) is 61.8 Å². The molecule has 160 valence electrons. The van der Waals surface area contributed by atoms with Crippen molar-refractivity contribution in [1.29, 1.82) is 0 Å². The largest absolute Gasteiger partial charge is 0.494 e. The van der Waals surface area contributed by atoms with E-state index < -0.39 is 11.9 Å². The first-order valence-electron chi connectivity index (χ1n) is 10.3. The first-order valence-corrected chi connectivity index (χ1v) is 10.3. The third kappa shape index (κ3) is 6.44. The van der Waals surface area contributed by atoms with Crippen LogP contribution in [-0.2, 0) is 14.3 Å². The molecule has 2 aliphatic rings. The molecule has 0 N–H and O–H groups in total. The Bertz CT molecular complexity index is 987. The van der Waals surface area contributed by atoms with Crippen LogP contribution in [0.15, 0.2) is 95.9 Å². The maximum absolute atomic E-state index is 12.5. The zero-order valence-corrected chi connectivity index (χ0v) is 17.6. The molecule has 0 heterocycles. The number of carbonyl (C=O) groups is 2. The molecule has 0 unspecified atom stereocenters. The first kappa shape index (κ1) is 22.1. The summed E-state index contributed by atoms with van der Waals surface area (Å²) in [6.45, 7) is 6.19. The van der Waals surface area contributed by atoms with Crippen LogP contribution in [-0.4, -0.2) is 25.2 Å². The van der Waals surface area contributed by atoms with Gasteiger partial charge >= 0.3 is 11.9 Å². The van der Waals surface area contributed by atoms with Crippen molar-refractivity contribution >= 4 is 11.9 Å². The fourth-order valence-corrected chi connectivity index (χ4v) is 3.07. The van der Waals surface area contributed by atoms with Gasteiger partial charge in [-0.25, -0.2) is 9.59 Å². The minimum Gasteiger partial charge on any atom is -0.494 e. The van der Waals surface area contributed by atoms with Gasteiger partial charge in [-0.15, -0.1) is 0 Å². The molecule has 0 aromatic heterocycles. The minimum absolute atomic E-state index is 0.341. The number of ether oxygens (including phenoxy) is 3. The van der Waals surface area contributed by atoms with Crippen molar-refractivity contribution in [2.24, 2.45) is 0 Å². The van der Waals surface area contributed by atoms with Crippen LogP contribution in [0, 0.1) is 0 Å². The van der Waals surface area contributed by atoms with Crippen molar-refractivity contribution in [3.8, 4) is 5.75 Å². The Morgan fingerprint density at radius 2 is 1.84 bits per heavy atom. The average Bonchev–Trinajstić information content (AvgIpc) is 2.90. The summed E-state index contributed by atoms with van der Waals surface area (Å²) < 4.78 is 16.1. The van der Waals surface area contributed by atoms with E-state index in [1.807, 2.05) is 25.2 Å². The van der Waals surface area contributed by atoms with Crippen molar-refractivity contribution in [2.45, 2.75) is 26.2 Å². The van der Waals surface area contributed by atoms with Crippen molar-refractivity contribution in [3.05, 3.63) is 101 Å². The van der Waals surface area contributed by atoms with Crippen LogP contribution in [0.25, 0.3) is 0 Å². The van der Waals surface area contributed by atoms with E-state index in [1.165, 1.54) is 11.1 Å². The second kappa shape index (κ2) is 11.0. The predicted octanol–water partition coefficient (Wildman–Crippen LogP) is 5.39. The molecular formula is C26H26O5. The van der Waals surface area contributed by atoms with Crippen LogP contribution >= 0.6 is 0 Å². The van der Waals surface area contributed by atoms with Gasteiger partial charge in [0.2, 0.25) is 0 Å². The van der Waals surface area contributed by atoms with E-state index in [9.17, 15) is 9.59 Å². The highest BCUT2D eigenvalue weighted by Gasteiger charge is 2.14. The first-order chi connectivity index (χ1) is 15.1. The maximum atomic E-state index is 12.5. The SMILES string of the molecule is C=CC(=O)OCCCCOc1ccc(C(=O)OC2=CCC=C(C3=CC=C3)C(C)=C2)cc1. The highest BCUT2D eigenvalue weighted by Crippen LogP contribution is 2.29. The van der Waals surface area contributed by atoms with Crippen molar-refractivity contribution in [2.75, 3.05) is 13.2 Å². The quantitative estimate of drug-likeness (QED) is 0.290. The Balaban J connectivity index is 1.45. The van der Waals surface area contributed by atoms with Gasteiger partial charge in [-0.3, -0.25) is 0 Å². The van der Waals surface area contributed by atoms with E-state index in [1.54, 1.807) is 24.3 Å². The fraction of sp³-hybridized carbons (Fsp3) is 0.231. The Hall–Kier alpha value is -3.60. The number of rotatable bonds is 10. The van der Waals surface area contributed by atoms with Gasteiger partial charge in [0.1, 0.15) is 11.5 Å². The summed E-state index contributed by atoms with van der Waals surface area (Å²) in [5, 5.41) is 0. The number of unbranched alkanes of at least 4 members (excludes halogenated alkanes) is 1. The van der Waals surface area contributed by atoms with Gasteiger partial charge in [-0.1, -0.05) is 30.9 Å². The van der Waals surface area contributed by atoms with E-state index in [0.717, 1.165) is 18.1 Å². The molecule has 5 heteroatoms. The standard InChI is InChI=1S/C26H26O5/c1-3-25(27)30-17-5-4-16-29-22-14-12-21(13-15-22)26(28)31-23-10-7-11-24(19(2)18-23)20-8-6-9-20/h3,6,8-15,18H,1,4-5,7,16-17H2,2H3. The van der Waals surface area contributed by atoms with Crippen LogP contribution in [0.2, 0.25) is 0 Å². The van der Waals surface area contributed by atoms with Crippen LogP contribution in [0.4, 0.5) is 0 Å². The number of carbonyl (C=O) groups excluding carboxylic acids is 2. The van der Waals surface area contributed by atoms with Gasteiger partial charge in [0.05, 0.1) is 18.8 Å². The molecule has 1 aromatic rings. The molecule has 5 nitrogen and oxygen atoms in total. The zero-order valence-electron chi connectivity index (χ0n) is 17.6. The summed E-state index contributed by atoms with van der Waals surface area (Å²) in [6.07, 6.45) is 15.4. The zero-order chi connectivity index (χ0) is 22.1. The second-order valence-corrected chi connectivity index (χ2v) is 7.11. The number of esters is 2. The normalized spacial score (nSPS) is 14.7. The van der Waals surface area contributed by atoms with Crippen LogP contribution < -0.4 is 4.74 Å². The van der Waals surface area contributed by atoms with E-state index in [4.69, 9.17) is 14.2 Å². The van der Waals surface area contributed by atoms with E-state index in [-0.39, 0.29) is 0 Å². The Labute approximate surface area is 182 Å². The lowest BCUT2D eigenvalue weighted by atomic mass is 9.93. The molecule has 0 aliphatic heterocycles. The molecule has 0 saturated heterocycles. The van der Waals surface area contributed by atoms with Crippen LogP contribution in [0.1, 0.15) is 36.5 Å². The fourth-order valence-electron chi connectivity index (χ4n) is 3.07. The summed E-state index contributed by atoms with van der Waals surface area (Å²) in [4.78, 5) is 23.5. The lowest BCUT2D eigenvalue weighted by Gasteiger charge is -2.12. The third-order valence-electron chi connectivity index (χ3n) is 4.81. The van der Waals surface area contributed by atoms with Crippen molar-refractivity contribution in [1.82, 2.24) is 0 Å². The lowest BCUT2D eigenvalue weighted by molar-refractivity contribution is -0.137. The van der Waals surface area contributed by atoms with Crippen LogP contribution in [0.5, 0.6) is 5.75 Å². The number of allylic oxidation sites excluding steroid dienone is 9. The lowest BCUT2D eigenvalue weighted by Crippen LogP contribution is -2.06. The van der Waals surface area contributed by atoms with Crippen molar-refractivity contribution < 1.29 is 23.8 Å².